The number of rotatable bonds is 11. The summed E-state index contributed by atoms with van der Waals surface area (Å²) in [7, 11) is 1.60. The van der Waals surface area contributed by atoms with Gasteiger partial charge in [0.25, 0.3) is 5.91 Å². The molecule has 0 saturated carbocycles. The van der Waals surface area contributed by atoms with Gasteiger partial charge in [-0.3, -0.25) is 9.59 Å². The number of carbonyl (C=O) groups excluding carboxylic acids is 2. The van der Waals surface area contributed by atoms with Crippen molar-refractivity contribution in [3.05, 3.63) is 59.1 Å². The fraction of sp³-hybridized carbons (Fsp3) is 0.417. The van der Waals surface area contributed by atoms with Crippen molar-refractivity contribution >= 4 is 23.4 Å². The Morgan fingerprint density at radius 1 is 1.06 bits per heavy atom. The first kappa shape index (κ1) is 24.5. The van der Waals surface area contributed by atoms with Crippen LogP contribution in [0, 0.1) is 0 Å². The molecular formula is C24H31ClN2O4. The number of nitrogens with one attached hydrogen (secondary N) is 1. The Hall–Kier alpha value is -2.73. The first-order chi connectivity index (χ1) is 14.9. The van der Waals surface area contributed by atoms with Gasteiger partial charge in [-0.15, -0.1) is 0 Å². The molecule has 0 aromatic heterocycles. The van der Waals surface area contributed by atoms with E-state index in [1.54, 1.807) is 36.3 Å². The summed E-state index contributed by atoms with van der Waals surface area (Å²) >= 11 is 5.99. The molecule has 0 aliphatic heterocycles. The summed E-state index contributed by atoms with van der Waals surface area (Å²) in [6.45, 7) is 5.94. The second kappa shape index (κ2) is 12.2. The summed E-state index contributed by atoms with van der Waals surface area (Å²) < 4.78 is 10.9. The van der Waals surface area contributed by atoms with Crippen molar-refractivity contribution in [2.45, 2.75) is 52.2 Å². The lowest BCUT2D eigenvalue weighted by atomic mass is 10.1. The van der Waals surface area contributed by atoms with Gasteiger partial charge in [0.15, 0.2) is 6.61 Å². The van der Waals surface area contributed by atoms with Crippen molar-refractivity contribution in [2.24, 2.45) is 0 Å². The van der Waals surface area contributed by atoms with E-state index in [1.165, 1.54) is 0 Å². The van der Waals surface area contributed by atoms with E-state index < -0.39 is 6.04 Å². The Morgan fingerprint density at radius 2 is 1.77 bits per heavy atom. The number of nitrogens with zero attached hydrogens (tertiary/aromatic N) is 1. The monoisotopic (exact) mass is 446 g/mol. The lowest BCUT2D eigenvalue weighted by Gasteiger charge is -2.31. The lowest BCUT2D eigenvalue weighted by Crippen LogP contribution is -2.51. The summed E-state index contributed by atoms with van der Waals surface area (Å²) in [5, 5.41) is 3.52. The molecule has 0 saturated heterocycles. The SMILES string of the molecule is CC[C@H](C(=O)N[C@@H](C)CC)N(Cc1ccc(OC)cc1)C(=O)COc1cccc(Cl)c1. The maximum absolute atomic E-state index is 13.2. The van der Waals surface area contributed by atoms with Crippen LogP contribution < -0.4 is 14.8 Å². The summed E-state index contributed by atoms with van der Waals surface area (Å²) in [5.41, 5.74) is 0.895. The smallest absolute Gasteiger partial charge is 0.261 e. The van der Waals surface area contributed by atoms with Crippen molar-refractivity contribution < 1.29 is 19.1 Å². The van der Waals surface area contributed by atoms with E-state index in [9.17, 15) is 9.59 Å². The molecule has 7 heteroatoms. The normalized spacial score (nSPS) is 12.5. The topological polar surface area (TPSA) is 67.9 Å². The molecule has 0 heterocycles. The molecule has 0 bridgehead atoms. The molecule has 2 atom stereocenters. The largest absolute Gasteiger partial charge is 0.497 e. The molecule has 0 radical (unpaired) electrons. The second-order valence-electron chi connectivity index (χ2n) is 7.36. The van der Waals surface area contributed by atoms with Gasteiger partial charge in [0.1, 0.15) is 17.5 Å². The van der Waals surface area contributed by atoms with Gasteiger partial charge in [-0.05, 0) is 55.7 Å². The first-order valence-corrected chi connectivity index (χ1v) is 10.9. The van der Waals surface area contributed by atoms with E-state index in [4.69, 9.17) is 21.1 Å². The fourth-order valence-corrected chi connectivity index (χ4v) is 3.25. The molecule has 168 valence electrons. The lowest BCUT2D eigenvalue weighted by molar-refractivity contribution is -0.143. The highest BCUT2D eigenvalue weighted by Crippen LogP contribution is 2.19. The predicted octanol–water partition coefficient (Wildman–Crippen LogP) is 4.45. The molecule has 2 rings (SSSR count). The minimum Gasteiger partial charge on any atom is -0.497 e. The first-order valence-electron chi connectivity index (χ1n) is 10.5. The number of hydrogen-bond donors (Lipinski definition) is 1. The maximum atomic E-state index is 13.2. The maximum Gasteiger partial charge on any atom is 0.261 e. The van der Waals surface area contributed by atoms with Crippen LogP contribution in [-0.2, 0) is 16.1 Å². The number of amides is 2. The Bertz CT molecular complexity index is 857. The van der Waals surface area contributed by atoms with Gasteiger partial charge in [-0.2, -0.15) is 0 Å². The standard InChI is InChI=1S/C24H31ClN2O4/c1-5-17(3)26-24(29)22(6-2)27(15-18-10-12-20(30-4)13-11-18)23(28)16-31-21-9-7-8-19(25)14-21/h7-14,17,22H,5-6,15-16H2,1-4H3,(H,26,29)/t17-,22+/m0/s1. The predicted molar refractivity (Wildman–Crippen MR) is 122 cm³/mol. The molecular weight excluding hydrogens is 416 g/mol. The third kappa shape index (κ3) is 7.47. The summed E-state index contributed by atoms with van der Waals surface area (Å²) in [6, 6.07) is 13.7. The van der Waals surface area contributed by atoms with Crippen LogP contribution in [0.1, 0.15) is 39.2 Å². The van der Waals surface area contributed by atoms with Gasteiger partial charge < -0.3 is 19.7 Å². The van der Waals surface area contributed by atoms with Crippen LogP contribution in [0.2, 0.25) is 5.02 Å². The second-order valence-corrected chi connectivity index (χ2v) is 7.79. The highest BCUT2D eigenvalue weighted by atomic mass is 35.5. The number of hydrogen-bond acceptors (Lipinski definition) is 4. The van der Waals surface area contributed by atoms with E-state index in [0.29, 0.717) is 17.2 Å². The molecule has 6 nitrogen and oxygen atoms in total. The fourth-order valence-electron chi connectivity index (χ4n) is 3.07. The summed E-state index contributed by atoms with van der Waals surface area (Å²) in [6.07, 6.45) is 1.30. The van der Waals surface area contributed by atoms with E-state index >= 15 is 0 Å². The average molecular weight is 447 g/mol. The molecule has 2 aromatic rings. The highest BCUT2D eigenvalue weighted by Gasteiger charge is 2.29. The van der Waals surface area contributed by atoms with E-state index in [0.717, 1.165) is 17.7 Å². The van der Waals surface area contributed by atoms with Gasteiger partial charge in [-0.1, -0.05) is 43.6 Å². The number of benzene rings is 2. The molecule has 0 aliphatic rings. The van der Waals surface area contributed by atoms with E-state index in [2.05, 4.69) is 5.32 Å². The van der Waals surface area contributed by atoms with Crippen LogP contribution in [0.3, 0.4) is 0 Å². The Labute approximate surface area is 189 Å². The van der Waals surface area contributed by atoms with Crippen molar-refractivity contribution in [1.29, 1.82) is 0 Å². The highest BCUT2D eigenvalue weighted by molar-refractivity contribution is 6.30. The minimum atomic E-state index is -0.605. The zero-order chi connectivity index (χ0) is 22.8. The third-order valence-corrected chi connectivity index (χ3v) is 5.29. The summed E-state index contributed by atoms with van der Waals surface area (Å²) in [5.74, 6) is 0.790. The van der Waals surface area contributed by atoms with Crippen LogP contribution in [0.15, 0.2) is 48.5 Å². The van der Waals surface area contributed by atoms with E-state index in [-0.39, 0.29) is 31.0 Å². The number of methoxy groups -OCH3 is 1. The van der Waals surface area contributed by atoms with Gasteiger partial charge in [0, 0.05) is 17.6 Å². The Kier molecular flexibility index (Phi) is 9.66. The molecule has 1 N–H and O–H groups in total. The number of ether oxygens (including phenoxy) is 2. The van der Waals surface area contributed by atoms with Gasteiger partial charge in [0.05, 0.1) is 7.11 Å². The van der Waals surface area contributed by atoms with Gasteiger partial charge in [-0.25, -0.2) is 0 Å². The molecule has 0 fully saturated rings. The van der Waals surface area contributed by atoms with Gasteiger partial charge in [0.2, 0.25) is 5.91 Å². The van der Waals surface area contributed by atoms with Crippen molar-refractivity contribution in [1.82, 2.24) is 10.2 Å². The summed E-state index contributed by atoms with van der Waals surface area (Å²) in [4.78, 5) is 27.6. The minimum absolute atomic E-state index is 0.0298. The Morgan fingerprint density at radius 3 is 2.35 bits per heavy atom. The van der Waals surface area contributed by atoms with Crippen molar-refractivity contribution in [3.8, 4) is 11.5 Å². The van der Waals surface area contributed by atoms with Crippen LogP contribution in [0.5, 0.6) is 11.5 Å². The molecule has 2 aromatic carbocycles. The number of halogens is 1. The molecule has 0 unspecified atom stereocenters. The molecule has 2 amide bonds. The number of carbonyl (C=O) groups is 2. The quantitative estimate of drug-likeness (QED) is 0.553. The molecule has 0 spiro atoms. The average Bonchev–Trinajstić information content (AvgIpc) is 2.77. The van der Waals surface area contributed by atoms with Crippen LogP contribution in [0.25, 0.3) is 0 Å². The third-order valence-electron chi connectivity index (χ3n) is 5.06. The van der Waals surface area contributed by atoms with Crippen molar-refractivity contribution in [2.75, 3.05) is 13.7 Å². The Balaban J connectivity index is 2.21. The van der Waals surface area contributed by atoms with Crippen LogP contribution in [0.4, 0.5) is 0 Å². The zero-order valence-corrected chi connectivity index (χ0v) is 19.3. The van der Waals surface area contributed by atoms with Crippen LogP contribution >= 0.6 is 11.6 Å². The zero-order valence-electron chi connectivity index (χ0n) is 18.6. The van der Waals surface area contributed by atoms with Crippen LogP contribution in [-0.4, -0.2) is 42.5 Å². The van der Waals surface area contributed by atoms with Crippen molar-refractivity contribution in [3.63, 3.8) is 0 Å². The van der Waals surface area contributed by atoms with E-state index in [1.807, 2.05) is 45.0 Å². The molecule has 31 heavy (non-hydrogen) atoms. The van der Waals surface area contributed by atoms with Gasteiger partial charge >= 0.3 is 0 Å². The molecule has 0 aliphatic carbocycles.